The van der Waals surface area contributed by atoms with E-state index in [4.69, 9.17) is 5.84 Å². The van der Waals surface area contributed by atoms with Crippen molar-refractivity contribution in [2.75, 3.05) is 0 Å². The molecule has 18 heavy (non-hydrogen) atoms. The van der Waals surface area contributed by atoms with Gasteiger partial charge in [0, 0.05) is 25.0 Å². The van der Waals surface area contributed by atoms with E-state index in [0.29, 0.717) is 0 Å². The van der Waals surface area contributed by atoms with Crippen molar-refractivity contribution >= 4 is 21.6 Å². The van der Waals surface area contributed by atoms with Crippen molar-refractivity contribution in [3.8, 4) is 0 Å². The molecule has 0 fully saturated rings. The molecule has 0 spiro atoms. The van der Waals surface area contributed by atoms with E-state index in [9.17, 15) is 0 Å². The van der Waals surface area contributed by atoms with E-state index in [0.717, 1.165) is 21.3 Å². The molecule has 3 aromatic rings. The Hall–Kier alpha value is -1.76. The standard InChI is InChI=1S/C12H13N5S/c1-17-7-9(6-15-17)12(16-13)8-4-11-10(14-5-8)2-3-18-11/h2-7,12,16H,13H2,1H3. The molecule has 3 N–H and O–H groups in total. The summed E-state index contributed by atoms with van der Waals surface area (Å²) in [4.78, 5) is 4.43. The molecule has 0 aliphatic rings. The van der Waals surface area contributed by atoms with E-state index < -0.39 is 0 Å². The van der Waals surface area contributed by atoms with Crippen LogP contribution in [-0.2, 0) is 7.05 Å². The predicted molar refractivity (Wildman–Crippen MR) is 72.0 cm³/mol. The number of aromatic nitrogens is 3. The van der Waals surface area contributed by atoms with E-state index >= 15 is 0 Å². The van der Waals surface area contributed by atoms with Gasteiger partial charge in [-0.3, -0.25) is 15.5 Å². The van der Waals surface area contributed by atoms with E-state index in [2.05, 4.69) is 21.6 Å². The quantitative estimate of drug-likeness (QED) is 0.553. The zero-order chi connectivity index (χ0) is 12.5. The second-order valence-corrected chi connectivity index (χ2v) is 5.07. The normalized spacial score (nSPS) is 13.0. The second-order valence-electron chi connectivity index (χ2n) is 4.12. The summed E-state index contributed by atoms with van der Waals surface area (Å²) in [6.07, 6.45) is 5.61. The Morgan fingerprint density at radius 3 is 3.00 bits per heavy atom. The van der Waals surface area contributed by atoms with E-state index in [-0.39, 0.29) is 6.04 Å². The van der Waals surface area contributed by atoms with E-state index in [1.807, 2.05) is 37.1 Å². The highest BCUT2D eigenvalue weighted by atomic mass is 32.1. The molecule has 0 radical (unpaired) electrons. The molecule has 0 aromatic carbocycles. The lowest BCUT2D eigenvalue weighted by molar-refractivity contribution is 0.634. The number of nitrogens with one attached hydrogen (secondary N) is 1. The minimum atomic E-state index is -0.0855. The van der Waals surface area contributed by atoms with Gasteiger partial charge < -0.3 is 0 Å². The summed E-state index contributed by atoms with van der Waals surface area (Å²) in [7, 11) is 1.89. The lowest BCUT2D eigenvalue weighted by Crippen LogP contribution is -2.28. The van der Waals surface area contributed by atoms with Crippen LogP contribution in [0.1, 0.15) is 17.2 Å². The summed E-state index contributed by atoms with van der Waals surface area (Å²) < 4.78 is 2.92. The molecule has 1 unspecified atom stereocenters. The van der Waals surface area contributed by atoms with Crippen molar-refractivity contribution < 1.29 is 0 Å². The summed E-state index contributed by atoms with van der Waals surface area (Å²) in [5.74, 6) is 5.65. The Balaban J connectivity index is 2.04. The minimum Gasteiger partial charge on any atom is -0.275 e. The summed E-state index contributed by atoms with van der Waals surface area (Å²) in [5, 5.41) is 6.20. The molecule has 5 nitrogen and oxygen atoms in total. The second kappa shape index (κ2) is 4.49. The highest BCUT2D eigenvalue weighted by molar-refractivity contribution is 7.17. The van der Waals surface area contributed by atoms with Crippen LogP contribution in [-0.4, -0.2) is 14.8 Å². The van der Waals surface area contributed by atoms with Gasteiger partial charge in [-0.25, -0.2) is 5.43 Å². The number of fused-ring (bicyclic) bond motifs is 1. The molecular weight excluding hydrogens is 246 g/mol. The minimum absolute atomic E-state index is 0.0855. The zero-order valence-corrected chi connectivity index (χ0v) is 10.7. The Morgan fingerprint density at radius 1 is 1.39 bits per heavy atom. The third kappa shape index (κ3) is 1.90. The van der Waals surface area contributed by atoms with Gasteiger partial charge in [0.1, 0.15) is 0 Å². The van der Waals surface area contributed by atoms with Gasteiger partial charge in [-0.2, -0.15) is 5.10 Å². The molecule has 0 saturated heterocycles. The number of hydrogen-bond acceptors (Lipinski definition) is 5. The molecule has 3 heterocycles. The molecule has 0 amide bonds. The molecule has 1 atom stereocenters. The number of thiophene rings is 1. The van der Waals surface area contributed by atoms with Gasteiger partial charge in [0.2, 0.25) is 0 Å². The van der Waals surface area contributed by atoms with Crippen molar-refractivity contribution in [3.63, 3.8) is 0 Å². The maximum absolute atomic E-state index is 5.65. The third-order valence-electron chi connectivity index (χ3n) is 2.88. The van der Waals surface area contributed by atoms with Crippen LogP contribution in [0.4, 0.5) is 0 Å². The van der Waals surface area contributed by atoms with E-state index in [1.165, 1.54) is 0 Å². The van der Waals surface area contributed by atoms with Crippen LogP contribution in [0.2, 0.25) is 0 Å². The zero-order valence-electron chi connectivity index (χ0n) is 9.87. The van der Waals surface area contributed by atoms with Crippen LogP contribution < -0.4 is 11.3 Å². The number of hydrogen-bond donors (Lipinski definition) is 2. The van der Waals surface area contributed by atoms with Gasteiger partial charge >= 0.3 is 0 Å². The molecule has 0 bridgehead atoms. The Kier molecular flexibility index (Phi) is 2.83. The fourth-order valence-electron chi connectivity index (χ4n) is 1.99. The molecule has 6 heteroatoms. The molecule has 92 valence electrons. The Bertz CT molecular complexity index is 672. The highest BCUT2D eigenvalue weighted by Gasteiger charge is 2.15. The first-order valence-electron chi connectivity index (χ1n) is 5.56. The SMILES string of the molecule is Cn1cc(C(NN)c2cnc3ccsc3c2)cn1. The van der Waals surface area contributed by atoms with Crippen LogP contribution in [0.3, 0.4) is 0 Å². The van der Waals surface area contributed by atoms with E-state index in [1.54, 1.807) is 16.0 Å². The van der Waals surface area contributed by atoms with Gasteiger partial charge in [0.05, 0.1) is 22.5 Å². The topological polar surface area (TPSA) is 68.8 Å². The van der Waals surface area contributed by atoms with Crippen molar-refractivity contribution in [2.24, 2.45) is 12.9 Å². The average Bonchev–Trinajstić information content (AvgIpc) is 2.99. The van der Waals surface area contributed by atoms with Crippen LogP contribution in [0, 0.1) is 0 Å². The maximum Gasteiger partial charge on any atom is 0.0809 e. The van der Waals surface area contributed by atoms with Gasteiger partial charge in [-0.1, -0.05) is 0 Å². The lowest BCUT2D eigenvalue weighted by Gasteiger charge is -2.14. The van der Waals surface area contributed by atoms with Crippen LogP contribution >= 0.6 is 11.3 Å². The number of nitrogens with two attached hydrogens (primary N) is 1. The first-order valence-corrected chi connectivity index (χ1v) is 6.43. The summed E-state index contributed by atoms with van der Waals surface area (Å²) in [6, 6.07) is 4.04. The smallest absolute Gasteiger partial charge is 0.0809 e. The molecule has 0 aliphatic carbocycles. The largest absolute Gasteiger partial charge is 0.275 e. The maximum atomic E-state index is 5.65. The number of rotatable bonds is 3. The van der Waals surface area contributed by atoms with Gasteiger partial charge in [0.25, 0.3) is 0 Å². The summed E-state index contributed by atoms with van der Waals surface area (Å²) in [6.45, 7) is 0. The first kappa shape index (κ1) is 11.3. The van der Waals surface area contributed by atoms with Crippen molar-refractivity contribution in [1.82, 2.24) is 20.2 Å². The Morgan fingerprint density at radius 2 is 2.28 bits per heavy atom. The summed E-state index contributed by atoms with van der Waals surface area (Å²) in [5.41, 5.74) is 5.90. The third-order valence-corrected chi connectivity index (χ3v) is 3.74. The van der Waals surface area contributed by atoms with Gasteiger partial charge in [-0.15, -0.1) is 11.3 Å². The Labute approximate surface area is 108 Å². The van der Waals surface area contributed by atoms with Crippen LogP contribution in [0.15, 0.2) is 36.1 Å². The van der Waals surface area contributed by atoms with Crippen molar-refractivity contribution in [2.45, 2.75) is 6.04 Å². The summed E-state index contributed by atoms with van der Waals surface area (Å²) >= 11 is 1.68. The lowest BCUT2D eigenvalue weighted by atomic mass is 10.0. The molecule has 3 rings (SSSR count). The monoisotopic (exact) mass is 259 g/mol. The fraction of sp³-hybridized carbons (Fsp3) is 0.167. The van der Waals surface area contributed by atoms with Crippen LogP contribution in [0.25, 0.3) is 10.2 Å². The van der Waals surface area contributed by atoms with Crippen molar-refractivity contribution in [1.29, 1.82) is 0 Å². The number of pyridine rings is 1. The predicted octanol–water partition coefficient (Wildman–Crippen LogP) is 1.58. The first-order chi connectivity index (χ1) is 8.78. The highest BCUT2D eigenvalue weighted by Crippen LogP contribution is 2.25. The molecule has 3 aromatic heterocycles. The van der Waals surface area contributed by atoms with Crippen LogP contribution in [0.5, 0.6) is 0 Å². The average molecular weight is 259 g/mol. The number of hydrazine groups is 1. The van der Waals surface area contributed by atoms with Crippen molar-refractivity contribution in [3.05, 3.63) is 47.2 Å². The molecule has 0 aliphatic heterocycles. The number of aryl methyl sites for hydroxylation is 1. The molecule has 0 saturated carbocycles. The van der Waals surface area contributed by atoms with Gasteiger partial charge in [0.15, 0.2) is 0 Å². The molecular formula is C12H13N5S. The fourth-order valence-corrected chi connectivity index (χ4v) is 2.78. The van der Waals surface area contributed by atoms with Gasteiger partial charge in [-0.05, 0) is 23.1 Å². The number of nitrogens with zero attached hydrogens (tertiary/aromatic N) is 3.